The van der Waals surface area contributed by atoms with Gasteiger partial charge < -0.3 is 9.15 Å². The van der Waals surface area contributed by atoms with E-state index in [4.69, 9.17) is 9.15 Å². The molecule has 3 nitrogen and oxygen atoms in total. The van der Waals surface area contributed by atoms with Crippen molar-refractivity contribution in [3.8, 4) is 17.2 Å². The zero-order valence-electron chi connectivity index (χ0n) is 7.86. The van der Waals surface area contributed by atoms with E-state index in [2.05, 4.69) is 11.1 Å². The Balaban J connectivity index is 2.22. The molecule has 1 aromatic heterocycles. The maximum Gasteiger partial charge on any atom is 0.225 e. The van der Waals surface area contributed by atoms with Gasteiger partial charge in [-0.2, -0.15) is 0 Å². The van der Waals surface area contributed by atoms with E-state index in [0.29, 0.717) is 12.5 Å². The van der Waals surface area contributed by atoms with Gasteiger partial charge in [-0.1, -0.05) is 0 Å². The fourth-order valence-electron chi connectivity index (χ4n) is 1.15. The Hall–Kier alpha value is -1.77. The lowest BCUT2D eigenvalue weighted by Gasteiger charge is -2.01. The van der Waals surface area contributed by atoms with E-state index in [-0.39, 0.29) is 0 Å². The van der Waals surface area contributed by atoms with Crippen LogP contribution in [-0.2, 0) is 0 Å². The van der Waals surface area contributed by atoms with Gasteiger partial charge >= 0.3 is 0 Å². The van der Waals surface area contributed by atoms with Gasteiger partial charge in [-0.25, -0.2) is 4.98 Å². The van der Waals surface area contributed by atoms with Gasteiger partial charge in [0.15, 0.2) is 0 Å². The maximum absolute atomic E-state index is 5.27. The summed E-state index contributed by atoms with van der Waals surface area (Å²) >= 11 is 0. The Morgan fingerprint density at radius 1 is 1.50 bits per heavy atom. The molecular formula is C11H10NO2. The van der Waals surface area contributed by atoms with Crippen molar-refractivity contribution in [3.05, 3.63) is 36.7 Å². The maximum atomic E-state index is 5.27. The predicted octanol–water partition coefficient (Wildman–Crippen LogP) is 2.54. The number of aromatic nitrogens is 1. The zero-order chi connectivity index (χ0) is 9.80. The van der Waals surface area contributed by atoms with Gasteiger partial charge in [0.05, 0.1) is 12.8 Å². The first-order valence-corrected chi connectivity index (χ1v) is 4.44. The summed E-state index contributed by atoms with van der Waals surface area (Å²) in [7, 11) is 0. The van der Waals surface area contributed by atoms with E-state index in [1.54, 1.807) is 18.5 Å². The Kier molecular flexibility index (Phi) is 2.49. The van der Waals surface area contributed by atoms with Crippen LogP contribution < -0.4 is 4.74 Å². The van der Waals surface area contributed by atoms with Crippen LogP contribution in [0.3, 0.4) is 0 Å². The lowest BCUT2D eigenvalue weighted by Crippen LogP contribution is -1.90. The number of hydrogen-bond donors (Lipinski definition) is 0. The first-order chi connectivity index (χ1) is 6.90. The lowest BCUT2D eigenvalue weighted by molar-refractivity contribution is 0.339. The molecule has 3 heteroatoms. The number of oxazole rings is 1. The molecule has 0 amide bonds. The van der Waals surface area contributed by atoms with Crippen molar-refractivity contribution in [2.45, 2.75) is 6.92 Å². The van der Waals surface area contributed by atoms with E-state index in [9.17, 15) is 0 Å². The molecule has 0 atom stereocenters. The number of ether oxygens (including phenoxy) is 1. The van der Waals surface area contributed by atoms with E-state index >= 15 is 0 Å². The third kappa shape index (κ3) is 1.76. The molecule has 1 heterocycles. The van der Waals surface area contributed by atoms with E-state index in [0.717, 1.165) is 11.3 Å². The van der Waals surface area contributed by atoms with Crippen molar-refractivity contribution < 1.29 is 9.15 Å². The average Bonchev–Trinajstić information content (AvgIpc) is 2.72. The molecule has 1 radical (unpaired) electrons. The monoisotopic (exact) mass is 188 g/mol. The summed E-state index contributed by atoms with van der Waals surface area (Å²) in [4.78, 5) is 4.03. The summed E-state index contributed by atoms with van der Waals surface area (Å²) < 4.78 is 10.4. The van der Waals surface area contributed by atoms with Crippen LogP contribution in [-0.4, -0.2) is 11.6 Å². The van der Waals surface area contributed by atoms with Gasteiger partial charge in [-0.3, -0.25) is 0 Å². The Morgan fingerprint density at radius 2 is 2.43 bits per heavy atom. The summed E-state index contributed by atoms with van der Waals surface area (Å²) in [6, 6.07) is 8.55. The largest absolute Gasteiger partial charge is 0.493 e. The second-order valence-corrected chi connectivity index (χ2v) is 2.71. The molecule has 2 aromatic rings. The van der Waals surface area contributed by atoms with E-state index in [1.165, 1.54) is 0 Å². The van der Waals surface area contributed by atoms with Crippen LogP contribution in [0, 0.1) is 6.07 Å². The van der Waals surface area contributed by atoms with Crippen LogP contribution in [0.1, 0.15) is 6.92 Å². The Labute approximate surface area is 82.3 Å². The normalized spacial score (nSPS) is 10.1. The molecule has 14 heavy (non-hydrogen) atoms. The van der Waals surface area contributed by atoms with Crippen molar-refractivity contribution in [3.63, 3.8) is 0 Å². The quantitative estimate of drug-likeness (QED) is 0.742. The van der Waals surface area contributed by atoms with Crippen molar-refractivity contribution in [2.75, 3.05) is 6.61 Å². The summed E-state index contributed by atoms with van der Waals surface area (Å²) in [6.07, 6.45) is 3.16. The second kappa shape index (κ2) is 3.96. The van der Waals surface area contributed by atoms with Crippen LogP contribution in [0.4, 0.5) is 0 Å². The minimum absolute atomic E-state index is 0.601. The average molecular weight is 188 g/mol. The summed E-state index contributed by atoms with van der Waals surface area (Å²) in [5, 5.41) is 0. The number of rotatable bonds is 3. The molecule has 1 aromatic carbocycles. The molecule has 0 N–H and O–H groups in total. The highest BCUT2D eigenvalue weighted by Crippen LogP contribution is 2.19. The lowest BCUT2D eigenvalue weighted by atomic mass is 10.2. The third-order valence-electron chi connectivity index (χ3n) is 1.76. The highest BCUT2D eigenvalue weighted by Gasteiger charge is 2.01. The van der Waals surface area contributed by atoms with E-state index in [1.807, 2.05) is 19.1 Å². The molecule has 0 fully saturated rings. The molecule has 0 saturated carbocycles. The minimum atomic E-state index is 0.601. The van der Waals surface area contributed by atoms with Crippen LogP contribution in [0.2, 0.25) is 0 Å². The minimum Gasteiger partial charge on any atom is -0.493 e. The molecular weight excluding hydrogens is 178 g/mol. The number of hydrogen-bond acceptors (Lipinski definition) is 3. The molecule has 0 saturated heterocycles. The van der Waals surface area contributed by atoms with Crippen molar-refractivity contribution in [1.29, 1.82) is 0 Å². The fraction of sp³-hybridized carbons (Fsp3) is 0.182. The van der Waals surface area contributed by atoms with Crippen molar-refractivity contribution in [2.24, 2.45) is 0 Å². The molecule has 0 aliphatic heterocycles. The second-order valence-electron chi connectivity index (χ2n) is 2.71. The SMILES string of the molecule is CCOc1[c]cc(-c2ncco2)cc1. The molecule has 71 valence electrons. The highest BCUT2D eigenvalue weighted by molar-refractivity contribution is 5.53. The Morgan fingerprint density at radius 3 is 3.00 bits per heavy atom. The molecule has 0 aliphatic carbocycles. The van der Waals surface area contributed by atoms with Gasteiger partial charge in [0.1, 0.15) is 12.0 Å². The van der Waals surface area contributed by atoms with Gasteiger partial charge in [0, 0.05) is 11.6 Å². The van der Waals surface area contributed by atoms with Crippen LogP contribution in [0.25, 0.3) is 11.5 Å². The van der Waals surface area contributed by atoms with Crippen molar-refractivity contribution >= 4 is 0 Å². The van der Waals surface area contributed by atoms with Gasteiger partial charge in [0.2, 0.25) is 5.89 Å². The number of nitrogens with zero attached hydrogens (tertiary/aromatic N) is 1. The van der Waals surface area contributed by atoms with Gasteiger partial charge in [-0.15, -0.1) is 0 Å². The Bertz CT molecular complexity index is 378. The zero-order valence-corrected chi connectivity index (χ0v) is 7.86. The topological polar surface area (TPSA) is 35.3 Å². The molecule has 0 bridgehead atoms. The molecule has 2 rings (SSSR count). The standard InChI is InChI=1S/C11H10NO2/c1-2-13-10-5-3-9(4-6-10)11-12-7-8-14-11/h3-5,7-8H,2H2,1H3. The molecule has 0 unspecified atom stereocenters. The third-order valence-corrected chi connectivity index (χ3v) is 1.76. The van der Waals surface area contributed by atoms with Crippen LogP contribution in [0.5, 0.6) is 5.75 Å². The summed E-state index contributed by atoms with van der Waals surface area (Å²) in [5.41, 5.74) is 0.901. The first kappa shape index (κ1) is 8.81. The van der Waals surface area contributed by atoms with E-state index < -0.39 is 0 Å². The molecule has 0 spiro atoms. The summed E-state index contributed by atoms with van der Waals surface area (Å²) in [5.74, 6) is 1.34. The highest BCUT2D eigenvalue weighted by atomic mass is 16.5. The predicted molar refractivity (Wildman–Crippen MR) is 51.9 cm³/mol. The molecule has 0 aliphatic rings. The smallest absolute Gasteiger partial charge is 0.225 e. The van der Waals surface area contributed by atoms with Gasteiger partial charge in [0.25, 0.3) is 0 Å². The number of benzene rings is 1. The van der Waals surface area contributed by atoms with Crippen LogP contribution in [0.15, 0.2) is 35.1 Å². The summed E-state index contributed by atoms with van der Waals surface area (Å²) in [6.45, 7) is 2.59. The van der Waals surface area contributed by atoms with Crippen LogP contribution >= 0.6 is 0 Å². The van der Waals surface area contributed by atoms with Crippen molar-refractivity contribution in [1.82, 2.24) is 4.98 Å². The first-order valence-electron chi connectivity index (χ1n) is 4.44. The fourth-order valence-corrected chi connectivity index (χ4v) is 1.15. The van der Waals surface area contributed by atoms with Gasteiger partial charge in [-0.05, 0) is 25.1 Å².